The molecule has 4 heavy (non-hydrogen) atoms. The predicted octanol–water partition coefficient (Wildman–Crippen LogP) is -8.99. The van der Waals surface area contributed by atoms with E-state index in [1.165, 1.54) is 0 Å². The van der Waals surface area contributed by atoms with Crippen LogP contribution in [-0.2, 0) is 26.2 Å². The third-order valence-electron chi connectivity index (χ3n) is 0. The van der Waals surface area contributed by atoms with Gasteiger partial charge in [-0.3, -0.25) is 0 Å². The van der Waals surface area contributed by atoms with Crippen molar-refractivity contribution in [2.75, 3.05) is 0 Å². The van der Waals surface area contributed by atoms with Gasteiger partial charge in [0.2, 0.25) is 0 Å². The maximum atomic E-state index is 0. The molecule has 0 aromatic rings. The zero-order chi connectivity index (χ0) is 0. The van der Waals surface area contributed by atoms with Crippen molar-refractivity contribution in [1.29, 1.82) is 0 Å². The Labute approximate surface area is 96.0 Å². The number of hydrogen-bond acceptors (Lipinski definition) is 0. The Bertz CT molecular complexity index is 3.25. The SMILES string of the molecule is [I-].[I-].[I-].[Zr+3]. The van der Waals surface area contributed by atoms with Crippen LogP contribution >= 0.6 is 0 Å². The Kier molecular flexibility index (Phi) is 114. The molecule has 4 heteroatoms. The second-order valence-corrected chi connectivity index (χ2v) is 0. The quantitative estimate of drug-likeness (QED) is 0.308. The van der Waals surface area contributed by atoms with Gasteiger partial charge in [-0.15, -0.1) is 0 Å². The van der Waals surface area contributed by atoms with Crippen molar-refractivity contribution in [3.63, 3.8) is 0 Å². The smallest absolute Gasteiger partial charge is 1.00 e. The molecule has 0 nitrogen and oxygen atoms in total. The van der Waals surface area contributed by atoms with Crippen LogP contribution in [0.1, 0.15) is 0 Å². The molecular formula is I3Zr. The summed E-state index contributed by atoms with van der Waals surface area (Å²) in [5.41, 5.74) is 0. The van der Waals surface area contributed by atoms with Crippen LogP contribution in [0.3, 0.4) is 0 Å². The molecule has 0 unspecified atom stereocenters. The monoisotopic (exact) mass is 471 g/mol. The molecule has 0 atom stereocenters. The molecule has 0 N–H and O–H groups in total. The standard InChI is InChI=1S/3HI.Zr/h3*1H;/q;;;+3/p-3. The van der Waals surface area contributed by atoms with E-state index in [1.807, 2.05) is 0 Å². The van der Waals surface area contributed by atoms with Crippen LogP contribution in [0.15, 0.2) is 0 Å². The molecule has 0 rings (SSSR count). The summed E-state index contributed by atoms with van der Waals surface area (Å²) in [4.78, 5) is 0. The van der Waals surface area contributed by atoms with Crippen LogP contribution < -0.4 is 71.9 Å². The average Bonchev–Trinajstić information content (AvgIpc) is 0. The van der Waals surface area contributed by atoms with Gasteiger partial charge in [-0.2, -0.15) is 0 Å². The number of halogens is 3. The molecule has 1 radical (unpaired) electrons. The number of rotatable bonds is 0. The Morgan fingerprint density at radius 3 is 0.500 bits per heavy atom. The summed E-state index contributed by atoms with van der Waals surface area (Å²) >= 11 is 0. The fourth-order valence-corrected chi connectivity index (χ4v) is 0. The Hall–Kier alpha value is 3.07. The van der Waals surface area contributed by atoms with E-state index in [9.17, 15) is 0 Å². The minimum Gasteiger partial charge on any atom is -1.00 e. The zero-order valence-corrected chi connectivity index (χ0v) is 10.6. The predicted molar refractivity (Wildman–Crippen MR) is 0 cm³/mol. The van der Waals surface area contributed by atoms with Gasteiger partial charge in [0.05, 0.1) is 0 Å². The van der Waals surface area contributed by atoms with Crippen LogP contribution in [0.5, 0.6) is 0 Å². The van der Waals surface area contributed by atoms with Gasteiger partial charge < -0.3 is 71.9 Å². The number of hydrogen-bond donors (Lipinski definition) is 0. The molecule has 0 aliphatic carbocycles. The summed E-state index contributed by atoms with van der Waals surface area (Å²) in [5.74, 6) is 0. The largest absolute Gasteiger partial charge is 3.00 e. The van der Waals surface area contributed by atoms with Crippen LogP contribution in [0, 0.1) is 0 Å². The molecule has 0 aromatic carbocycles. The fourth-order valence-electron chi connectivity index (χ4n) is 0. The zero-order valence-electron chi connectivity index (χ0n) is 1.63. The van der Waals surface area contributed by atoms with E-state index in [0.717, 1.165) is 0 Å². The van der Waals surface area contributed by atoms with E-state index in [4.69, 9.17) is 0 Å². The summed E-state index contributed by atoms with van der Waals surface area (Å²) < 4.78 is 0. The van der Waals surface area contributed by atoms with E-state index >= 15 is 0 Å². The second-order valence-electron chi connectivity index (χ2n) is 0. The summed E-state index contributed by atoms with van der Waals surface area (Å²) in [5, 5.41) is 0. The summed E-state index contributed by atoms with van der Waals surface area (Å²) in [7, 11) is 0. The van der Waals surface area contributed by atoms with Crippen LogP contribution in [0.25, 0.3) is 0 Å². The molecule has 0 bridgehead atoms. The van der Waals surface area contributed by atoms with Gasteiger partial charge in [-0.05, 0) is 0 Å². The first-order valence-corrected chi connectivity index (χ1v) is 0. The van der Waals surface area contributed by atoms with Crippen molar-refractivity contribution in [3.05, 3.63) is 0 Å². The normalized spacial score (nSPS) is 0. The molecule has 0 aliphatic heterocycles. The first-order chi connectivity index (χ1) is 0. The van der Waals surface area contributed by atoms with Gasteiger partial charge in [0.15, 0.2) is 0 Å². The maximum absolute atomic E-state index is 0. The van der Waals surface area contributed by atoms with E-state index < -0.39 is 0 Å². The van der Waals surface area contributed by atoms with Gasteiger partial charge in [-0.1, -0.05) is 0 Å². The van der Waals surface area contributed by atoms with E-state index in [1.54, 1.807) is 0 Å². The molecular weight excluding hydrogens is 472 g/mol. The van der Waals surface area contributed by atoms with Crippen LogP contribution in [-0.4, -0.2) is 0 Å². The van der Waals surface area contributed by atoms with E-state index in [-0.39, 0.29) is 98.1 Å². The molecule has 0 spiro atoms. The first kappa shape index (κ1) is 27.6. The van der Waals surface area contributed by atoms with Gasteiger partial charge in [0, 0.05) is 0 Å². The van der Waals surface area contributed by atoms with Crippen molar-refractivity contribution < 1.29 is 98.1 Å². The molecule has 0 amide bonds. The van der Waals surface area contributed by atoms with Gasteiger partial charge in [0.25, 0.3) is 0 Å². The third-order valence-corrected chi connectivity index (χ3v) is 0. The van der Waals surface area contributed by atoms with Gasteiger partial charge >= 0.3 is 26.2 Å². The van der Waals surface area contributed by atoms with Crippen molar-refractivity contribution in [3.8, 4) is 0 Å². The van der Waals surface area contributed by atoms with E-state index in [2.05, 4.69) is 0 Å². The molecule has 0 saturated carbocycles. The molecule has 25 valence electrons. The van der Waals surface area contributed by atoms with Crippen molar-refractivity contribution >= 4 is 0 Å². The summed E-state index contributed by atoms with van der Waals surface area (Å²) in [6, 6.07) is 0. The fraction of sp³-hybridized carbons (Fsp3) is 0. The first-order valence-electron chi connectivity index (χ1n) is 0. The van der Waals surface area contributed by atoms with Crippen molar-refractivity contribution in [1.82, 2.24) is 0 Å². The summed E-state index contributed by atoms with van der Waals surface area (Å²) in [6.07, 6.45) is 0. The van der Waals surface area contributed by atoms with Crippen LogP contribution in [0.2, 0.25) is 0 Å². The second kappa shape index (κ2) is 16.6. The Morgan fingerprint density at radius 1 is 0.500 bits per heavy atom. The Balaban J connectivity index is 0. The van der Waals surface area contributed by atoms with Crippen LogP contribution in [0.4, 0.5) is 0 Å². The average molecular weight is 472 g/mol. The minimum atomic E-state index is 0. The maximum Gasteiger partial charge on any atom is 3.00 e. The third kappa shape index (κ3) is 8.91. The molecule has 0 fully saturated rings. The van der Waals surface area contributed by atoms with Gasteiger partial charge in [0.1, 0.15) is 0 Å². The molecule has 0 aromatic heterocycles. The molecule has 0 heterocycles. The molecule has 0 saturated heterocycles. The Morgan fingerprint density at radius 2 is 0.500 bits per heavy atom. The van der Waals surface area contributed by atoms with Gasteiger partial charge in [-0.25, -0.2) is 0 Å². The molecule has 0 aliphatic rings. The van der Waals surface area contributed by atoms with E-state index in [0.29, 0.717) is 0 Å². The summed E-state index contributed by atoms with van der Waals surface area (Å²) in [6.45, 7) is 0. The topological polar surface area (TPSA) is 0 Å². The minimum absolute atomic E-state index is 0. The van der Waals surface area contributed by atoms with Crippen molar-refractivity contribution in [2.45, 2.75) is 0 Å². The van der Waals surface area contributed by atoms with Crippen molar-refractivity contribution in [2.24, 2.45) is 0 Å².